The highest BCUT2D eigenvalue weighted by atomic mass is 35.5. The second-order valence-corrected chi connectivity index (χ2v) is 6.66. The Morgan fingerprint density at radius 2 is 2.00 bits per heavy atom. The van der Waals surface area contributed by atoms with Crippen LogP contribution in [0.3, 0.4) is 0 Å². The molecule has 0 spiro atoms. The van der Waals surface area contributed by atoms with Crippen LogP contribution in [0.5, 0.6) is 0 Å². The molecular weight excluding hydrogens is 300 g/mol. The van der Waals surface area contributed by atoms with Gasteiger partial charge in [0.05, 0.1) is 12.0 Å². The number of halogens is 1. The normalized spacial score (nSPS) is 21.8. The minimum absolute atomic E-state index is 0. The van der Waals surface area contributed by atoms with Gasteiger partial charge in [0.25, 0.3) is 0 Å². The minimum Gasteiger partial charge on any atom is -0.373 e. The highest BCUT2D eigenvalue weighted by Gasteiger charge is 2.33. The Labute approximate surface area is 139 Å². The maximum atomic E-state index is 12.4. The van der Waals surface area contributed by atoms with Crippen LogP contribution in [0.15, 0.2) is 24.3 Å². The number of carbonyl (C=O) groups is 1. The Hall–Kier alpha value is -1.10. The standard InChI is InChI=1S/C17H26N2O2.ClH/c1-12-6-8-13(9-7-12)15-14(5-4-10-21-15)16(20)19-11-17(2,3)18;/h6-9,14-15H,4-5,10-11,18H2,1-3H3,(H,19,20);1H. The number of hydrogen-bond acceptors (Lipinski definition) is 3. The fraction of sp³-hybridized carbons (Fsp3) is 0.588. The molecule has 1 aromatic carbocycles. The van der Waals surface area contributed by atoms with Crippen LogP contribution in [0.2, 0.25) is 0 Å². The fourth-order valence-electron chi connectivity index (χ4n) is 2.58. The van der Waals surface area contributed by atoms with E-state index in [9.17, 15) is 4.79 Å². The lowest BCUT2D eigenvalue weighted by molar-refractivity contribution is -0.135. The first-order chi connectivity index (χ1) is 9.87. The monoisotopic (exact) mass is 326 g/mol. The average Bonchev–Trinajstić information content (AvgIpc) is 2.45. The summed E-state index contributed by atoms with van der Waals surface area (Å²) in [4.78, 5) is 12.4. The zero-order chi connectivity index (χ0) is 15.5. The van der Waals surface area contributed by atoms with E-state index >= 15 is 0 Å². The molecule has 2 atom stereocenters. The number of aryl methyl sites for hydroxylation is 1. The molecule has 2 unspecified atom stereocenters. The van der Waals surface area contributed by atoms with Crippen LogP contribution in [0.1, 0.15) is 43.9 Å². The van der Waals surface area contributed by atoms with Crippen molar-refractivity contribution in [1.29, 1.82) is 0 Å². The third kappa shape index (κ3) is 5.27. The van der Waals surface area contributed by atoms with Crippen molar-refractivity contribution in [1.82, 2.24) is 5.32 Å². The Balaban J connectivity index is 0.00000242. The van der Waals surface area contributed by atoms with Gasteiger partial charge in [-0.05, 0) is 39.2 Å². The topological polar surface area (TPSA) is 64.3 Å². The zero-order valence-electron chi connectivity index (χ0n) is 13.6. The van der Waals surface area contributed by atoms with Crippen LogP contribution in [0.25, 0.3) is 0 Å². The maximum absolute atomic E-state index is 12.4. The molecule has 1 aromatic rings. The maximum Gasteiger partial charge on any atom is 0.226 e. The van der Waals surface area contributed by atoms with Crippen LogP contribution in [0.4, 0.5) is 0 Å². The van der Waals surface area contributed by atoms with Crippen molar-refractivity contribution in [2.45, 2.75) is 45.3 Å². The van der Waals surface area contributed by atoms with Crippen LogP contribution in [0, 0.1) is 12.8 Å². The number of hydrogen-bond donors (Lipinski definition) is 2. The molecule has 1 amide bonds. The molecule has 1 aliphatic heterocycles. The summed E-state index contributed by atoms with van der Waals surface area (Å²) in [5.74, 6) is -0.0948. The number of nitrogens with one attached hydrogen (secondary N) is 1. The molecule has 2 rings (SSSR count). The van der Waals surface area contributed by atoms with Crippen molar-refractivity contribution in [3.05, 3.63) is 35.4 Å². The van der Waals surface area contributed by atoms with E-state index < -0.39 is 5.54 Å². The van der Waals surface area contributed by atoms with Crippen LogP contribution in [-0.4, -0.2) is 24.6 Å². The molecule has 4 nitrogen and oxygen atoms in total. The summed E-state index contributed by atoms with van der Waals surface area (Å²) < 4.78 is 5.88. The third-order valence-corrected chi connectivity index (χ3v) is 3.78. The minimum atomic E-state index is -0.398. The van der Waals surface area contributed by atoms with E-state index in [1.54, 1.807) is 0 Å². The molecule has 1 heterocycles. The smallest absolute Gasteiger partial charge is 0.226 e. The number of carbonyl (C=O) groups excluding carboxylic acids is 1. The molecule has 1 aliphatic rings. The van der Waals surface area contributed by atoms with E-state index in [-0.39, 0.29) is 30.3 Å². The van der Waals surface area contributed by atoms with Crippen LogP contribution < -0.4 is 11.1 Å². The summed E-state index contributed by atoms with van der Waals surface area (Å²) in [6.07, 6.45) is 1.63. The molecule has 1 saturated heterocycles. The summed E-state index contributed by atoms with van der Waals surface area (Å²) >= 11 is 0. The number of benzene rings is 1. The molecule has 0 aliphatic carbocycles. The second-order valence-electron chi connectivity index (χ2n) is 6.66. The van der Waals surface area contributed by atoms with Gasteiger partial charge in [-0.1, -0.05) is 29.8 Å². The van der Waals surface area contributed by atoms with Crippen molar-refractivity contribution in [3.8, 4) is 0 Å². The molecule has 3 N–H and O–H groups in total. The lowest BCUT2D eigenvalue weighted by Gasteiger charge is -2.32. The zero-order valence-corrected chi connectivity index (χ0v) is 14.4. The van der Waals surface area contributed by atoms with Crippen molar-refractivity contribution in [2.75, 3.05) is 13.2 Å². The average molecular weight is 327 g/mol. The van der Waals surface area contributed by atoms with Crippen molar-refractivity contribution in [3.63, 3.8) is 0 Å². The summed E-state index contributed by atoms with van der Waals surface area (Å²) in [5.41, 5.74) is 7.82. The number of amides is 1. The quantitative estimate of drug-likeness (QED) is 0.894. The first kappa shape index (κ1) is 18.9. The highest BCUT2D eigenvalue weighted by Crippen LogP contribution is 2.33. The Morgan fingerprint density at radius 1 is 1.36 bits per heavy atom. The molecular formula is C17H27ClN2O2. The highest BCUT2D eigenvalue weighted by molar-refractivity contribution is 5.85. The Kier molecular flexibility index (Phi) is 6.85. The van der Waals surface area contributed by atoms with Gasteiger partial charge in [-0.3, -0.25) is 4.79 Å². The van der Waals surface area contributed by atoms with Gasteiger partial charge >= 0.3 is 0 Å². The van der Waals surface area contributed by atoms with Gasteiger partial charge in [0.1, 0.15) is 0 Å². The molecule has 124 valence electrons. The van der Waals surface area contributed by atoms with Gasteiger partial charge in [-0.2, -0.15) is 0 Å². The summed E-state index contributed by atoms with van der Waals surface area (Å²) in [7, 11) is 0. The lowest BCUT2D eigenvalue weighted by Crippen LogP contribution is -2.48. The molecule has 22 heavy (non-hydrogen) atoms. The van der Waals surface area contributed by atoms with Crippen molar-refractivity contribution >= 4 is 18.3 Å². The summed E-state index contributed by atoms with van der Waals surface area (Å²) in [5, 5.41) is 2.96. The van der Waals surface area contributed by atoms with Gasteiger partial charge in [0.2, 0.25) is 5.91 Å². The summed E-state index contributed by atoms with van der Waals surface area (Å²) in [6, 6.07) is 8.23. The second kappa shape index (κ2) is 7.95. The van der Waals surface area contributed by atoms with Gasteiger partial charge < -0.3 is 15.8 Å². The van der Waals surface area contributed by atoms with Gasteiger partial charge in [0, 0.05) is 18.7 Å². The molecule has 0 saturated carbocycles. The van der Waals surface area contributed by atoms with Gasteiger partial charge in [0.15, 0.2) is 0 Å². The molecule has 5 heteroatoms. The first-order valence-electron chi connectivity index (χ1n) is 7.61. The summed E-state index contributed by atoms with van der Waals surface area (Å²) in [6.45, 7) is 7.05. The van der Waals surface area contributed by atoms with Gasteiger partial charge in [-0.25, -0.2) is 0 Å². The number of ether oxygens (including phenoxy) is 1. The molecule has 1 fully saturated rings. The van der Waals surface area contributed by atoms with E-state index in [0.717, 1.165) is 18.4 Å². The molecule has 0 radical (unpaired) electrons. The SMILES string of the molecule is Cc1ccc(C2OCCCC2C(=O)NCC(C)(C)N)cc1.Cl. The largest absolute Gasteiger partial charge is 0.373 e. The van der Waals surface area contributed by atoms with E-state index in [2.05, 4.69) is 36.5 Å². The van der Waals surface area contributed by atoms with E-state index in [4.69, 9.17) is 10.5 Å². The fourth-order valence-corrected chi connectivity index (χ4v) is 2.58. The van der Waals surface area contributed by atoms with Crippen molar-refractivity contribution < 1.29 is 9.53 Å². The number of nitrogens with two attached hydrogens (primary N) is 1. The Morgan fingerprint density at radius 3 is 2.59 bits per heavy atom. The van der Waals surface area contributed by atoms with E-state index in [1.807, 2.05) is 13.8 Å². The van der Waals surface area contributed by atoms with Crippen molar-refractivity contribution in [2.24, 2.45) is 11.7 Å². The first-order valence-corrected chi connectivity index (χ1v) is 7.61. The predicted octanol–water partition coefficient (Wildman–Crippen LogP) is 2.74. The van der Waals surface area contributed by atoms with Gasteiger partial charge in [-0.15, -0.1) is 12.4 Å². The lowest BCUT2D eigenvalue weighted by atomic mass is 9.88. The van der Waals surface area contributed by atoms with E-state index in [1.165, 1.54) is 5.56 Å². The third-order valence-electron chi connectivity index (χ3n) is 3.78. The molecule has 0 aromatic heterocycles. The predicted molar refractivity (Wildman–Crippen MR) is 91.1 cm³/mol. The number of rotatable bonds is 4. The van der Waals surface area contributed by atoms with Crippen LogP contribution >= 0.6 is 12.4 Å². The van der Waals surface area contributed by atoms with E-state index in [0.29, 0.717) is 13.2 Å². The van der Waals surface area contributed by atoms with Crippen LogP contribution in [-0.2, 0) is 9.53 Å². The Bertz CT molecular complexity index is 482. The molecule has 0 bridgehead atoms.